The Labute approximate surface area is 82.0 Å². The van der Waals surface area contributed by atoms with Crippen molar-refractivity contribution in [1.29, 1.82) is 0 Å². The van der Waals surface area contributed by atoms with Crippen LogP contribution in [0.1, 0.15) is 11.1 Å². The van der Waals surface area contributed by atoms with Gasteiger partial charge >= 0.3 is 5.97 Å². The van der Waals surface area contributed by atoms with E-state index in [9.17, 15) is 4.79 Å². The molecule has 0 atom stereocenters. The number of aliphatic carboxylic acids is 1. The van der Waals surface area contributed by atoms with E-state index in [1.165, 1.54) is 22.9 Å². The summed E-state index contributed by atoms with van der Waals surface area (Å²) in [6.07, 6.45) is 0. The van der Waals surface area contributed by atoms with E-state index in [2.05, 4.69) is 6.07 Å². The molecule has 0 saturated carbocycles. The lowest BCUT2D eigenvalue weighted by molar-refractivity contribution is -0.133. The Bertz CT molecular complexity index is 297. The SMILES string of the molecule is Cc1cccc(CSCC(=O)O)c1. The molecule has 1 aromatic carbocycles. The molecule has 0 aliphatic carbocycles. The predicted octanol–water partition coefficient (Wildman–Crippen LogP) is 2.31. The molecule has 0 aliphatic heterocycles. The number of carboxylic acids is 1. The molecule has 0 saturated heterocycles. The highest BCUT2D eigenvalue weighted by molar-refractivity contribution is 7.99. The van der Waals surface area contributed by atoms with E-state index in [1.54, 1.807) is 0 Å². The smallest absolute Gasteiger partial charge is 0.313 e. The summed E-state index contributed by atoms with van der Waals surface area (Å²) in [5.41, 5.74) is 2.40. The third-order valence-corrected chi connectivity index (χ3v) is 2.57. The second-order valence-electron chi connectivity index (χ2n) is 2.88. The van der Waals surface area contributed by atoms with Crippen LogP contribution in [0.2, 0.25) is 0 Å². The topological polar surface area (TPSA) is 37.3 Å². The highest BCUT2D eigenvalue weighted by Gasteiger charge is 1.98. The lowest BCUT2D eigenvalue weighted by Gasteiger charge is -2.00. The van der Waals surface area contributed by atoms with Crippen LogP contribution in [0.25, 0.3) is 0 Å². The molecule has 0 amide bonds. The standard InChI is InChI=1S/C10H12O2S/c1-8-3-2-4-9(5-8)6-13-7-10(11)12/h2-5H,6-7H2,1H3,(H,11,12). The van der Waals surface area contributed by atoms with Crippen LogP contribution in [-0.2, 0) is 10.5 Å². The van der Waals surface area contributed by atoms with Crippen molar-refractivity contribution >= 4 is 17.7 Å². The molecule has 3 heteroatoms. The summed E-state index contributed by atoms with van der Waals surface area (Å²) in [7, 11) is 0. The average molecular weight is 196 g/mol. The summed E-state index contributed by atoms with van der Waals surface area (Å²) in [4.78, 5) is 10.2. The van der Waals surface area contributed by atoms with E-state index in [0.29, 0.717) is 0 Å². The van der Waals surface area contributed by atoms with Gasteiger partial charge in [-0.2, -0.15) is 0 Å². The van der Waals surface area contributed by atoms with Crippen molar-refractivity contribution in [3.05, 3.63) is 35.4 Å². The minimum absolute atomic E-state index is 0.175. The second kappa shape index (κ2) is 4.92. The molecule has 0 aliphatic rings. The maximum atomic E-state index is 10.2. The van der Waals surface area contributed by atoms with Crippen LogP contribution >= 0.6 is 11.8 Å². The summed E-state index contributed by atoms with van der Waals surface area (Å²) in [5.74, 6) is 0.194. The van der Waals surface area contributed by atoms with Gasteiger partial charge in [-0.3, -0.25) is 4.79 Å². The number of aryl methyl sites for hydroxylation is 1. The van der Waals surface area contributed by atoms with Crippen molar-refractivity contribution in [2.24, 2.45) is 0 Å². The molecule has 2 nitrogen and oxygen atoms in total. The van der Waals surface area contributed by atoms with Gasteiger partial charge in [0, 0.05) is 5.75 Å². The normalized spacial score (nSPS) is 9.92. The highest BCUT2D eigenvalue weighted by Crippen LogP contribution is 2.12. The zero-order valence-electron chi connectivity index (χ0n) is 7.49. The summed E-state index contributed by atoms with van der Waals surface area (Å²) < 4.78 is 0. The molecular weight excluding hydrogens is 184 g/mol. The third kappa shape index (κ3) is 3.99. The molecule has 0 fully saturated rings. The lowest BCUT2D eigenvalue weighted by Crippen LogP contribution is -1.98. The van der Waals surface area contributed by atoms with Crippen molar-refractivity contribution in [2.75, 3.05) is 5.75 Å². The Morgan fingerprint density at radius 2 is 2.31 bits per heavy atom. The number of carboxylic acid groups (broad SMARTS) is 1. The second-order valence-corrected chi connectivity index (χ2v) is 3.86. The van der Waals surface area contributed by atoms with Gasteiger partial charge in [-0.1, -0.05) is 29.8 Å². The fourth-order valence-electron chi connectivity index (χ4n) is 1.06. The van der Waals surface area contributed by atoms with Gasteiger partial charge in [0.1, 0.15) is 0 Å². The van der Waals surface area contributed by atoms with Crippen LogP contribution < -0.4 is 0 Å². The summed E-state index contributed by atoms with van der Waals surface area (Å²) in [6, 6.07) is 8.12. The van der Waals surface area contributed by atoms with Gasteiger partial charge in [0.2, 0.25) is 0 Å². The minimum atomic E-state index is -0.752. The molecule has 70 valence electrons. The largest absolute Gasteiger partial charge is 0.481 e. The van der Waals surface area contributed by atoms with E-state index in [-0.39, 0.29) is 5.75 Å². The molecule has 0 unspecified atom stereocenters. The molecule has 13 heavy (non-hydrogen) atoms. The van der Waals surface area contributed by atoms with Crippen LogP contribution in [-0.4, -0.2) is 16.8 Å². The van der Waals surface area contributed by atoms with E-state index >= 15 is 0 Å². The first kappa shape index (κ1) is 10.1. The quantitative estimate of drug-likeness (QED) is 0.803. The average Bonchev–Trinajstić information content (AvgIpc) is 2.03. The van der Waals surface area contributed by atoms with Crippen LogP contribution in [0.15, 0.2) is 24.3 Å². The molecule has 1 N–H and O–H groups in total. The van der Waals surface area contributed by atoms with Crippen molar-refractivity contribution in [3.63, 3.8) is 0 Å². The van der Waals surface area contributed by atoms with Gasteiger partial charge in [0.15, 0.2) is 0 Å². The van der Waals surface area contributed by atoms with Gasteiger partial charge in [0.25, 0.3) is 0 Å². The molecule has 0 radical (unpaired) electrons. The first-order chi connectivity index (χ1) is 6.18. The maximum Gasteiger partial charge on any atom is 0.313 e. The van der Waals surface area contributed by atoms with Gasteiger partial charge in [-0.25, -0.2) is 0 Å². The lowest BCUT2D eigenvalue weighted by atomic mass is 10.2. The monoisotopic (exact) mass is 196 g/mol. The number of carbonyl (C=O) groups is 1. The summed E-state index contributed by atoms with van der Waals surface area (Å²) in [6.45, 7) is 2.03. The third-order valence-electron chi connectivity index (χ3n) is 1.58. The van der Waals surface area contributed by atoms with Crippen molar-refractivity contribution < 1.29 is 9.90 Å². The molecular formula is C10H12O2S. The Hall–Kier alpha value is -0.960. The molecule has 0 spiro atoms. The molecule has 0 heterocycles. The summed E-state index contributed by atoms with van der Waals surface area (Å²) in [5, 5.41) is 8.43. The van der Waals surface area contributed by atoms with E-state index in [0.717, 1.165) is 5.75 Å². The van der Waals surface area contributed by atoms with Crippen LogP contribution in [0.3, 0.4) is 0 Å². The first-order valence-corrected chi connectivity index (χ1v) is 5.19. The molecule has 0 aromatic heterocycles. The fraction of sp³-hybridized carbons (Fsp3) is 0.300. The van der Waals surface area contributed by atoms with E-state index in [4.69, 9.17) is 5.11 Å². The van der Waals surface area contributed by atoms with Gasteiger partial charge < -0.3 is 5.11 Å². The Morgan fingerprint density at radius 1 is 1.54 bits per heavy atom. The van der Waals surface area contributed by atoms with Gasteiger partial charge in [0.05, 0.1) is 5.75 Å². The van der Waals surface area contributed by atoms with Gasteiger partial charge in [-0.15, -0.1) is 11.8 Å². The Kier molecular flexibility index (Phi) is 3.83. The van der Waals surface area contributed by atoms with Crippen molar-refractivity contribution in [1.82, 2.24) is 0 Å². The molecule has 1 aromatic rings. The predicted molar refractivity (Wildman–Crippen MR) is 55.0 cm³/mol. The van der Waals surface area contributed by atoms with Crippen molar-refractivity contribution in [2.45, 2.75) is 12.7 Å². The maximum absolute atomic E-state index is 10.2. The Balaban J connectivity index is 2.41. The number of rotatable bonds is 4. The highest BCUT2D eigenvalue weighted by atomic mass is 32.2. The van der Waals surface area contributed by atoms with Crippen LogP contribution in [0, 0.1) is 6.92 Å². The minimum Gasteiger partial charge on any atom is -0.481 e. The fourth-order valence-corrected chi connectivity index (χ4v) is 1.75. The van der Waals surface area contributed by atoms with Gasteiger partial charge in [-0.05, 0) is 12.5 Å². The summed E-state index contributed by atoms with van der Waals surface area (Å²) >= 11 is 1.42. The van der Waals surface area contributed by atoms with Crippen LogP contribution in [0.4, 0.5) is 0 Å². The van der Waals surface area contributed by atoms with Crippen LogP contribution in [0.5, 0.6) is 0 Å². The van der Waals surface area contributed by atoms with E-state index in [1.807, 2.05) is 25.1 Å². The van der Waals surface area contributed by atoms with Crippen molar-refractivity contribution in [3.8, 4) is 0 Å². The molecule has 1 rings (SSSR count). The first-order valence-electron chi connectivity index (χ1n) is 4.03. The number of hydrogen-bond acceptors (Lipinski definition) is 2. The number of benzene rings is 1. The zero-order valence-corrected chi connectivity index (χ0v) is 8.30. The van der Waals surface area contributed by atoms with E-state index < -0.39 is 5.97 Å². The number of thioether (sulfide) groups is 1. The molecule has 0 bridgehead atoms. The zero-order chi connectivity index (χ0) is 9.68. The number of hydrogen-bond donors (Lipinski definition) is 1. The Morgan fingerprint density at radius 3 is 2.92 bits per heavy atom.